The number of anilines is 2. The molecule has 31 heavy (non-hydrogen) atoms. The third-order valence-electron chi connectivity index (χ3n) is 5.43. The first kappa shape index (κ1) is 21.5. The molecule has 2 aromatic rings. The van der Waals surface area contributed by atoms with Crippen molar-refractivity contribution in [1.29, 1.82) is 0 Å². The van der Waals surface area contributed by atoms with Crippen LogP contribution < -0.4 is 10.6 Å². The van der Waals surface area contributed by atoms with Gasteiger partial charge in [-0.2, -0.15) is 0 Å². The number of carbonyl (C=O) groups is 1. The Morgan fingerprint density at radius 2 is 1.90 bits per heavy atom. The molecule has 1 saturated carbocycles. The van der Waals surface area contributed by atoms with Crippen LogP contribution in [0.2, 0.25) is 0 Å². The van der Waals surface area contributed by atoms with Crippen LogP contribution in [0.4, 0.5) is 17.1 Å². The van der Waals surface area contributed by atoms with Crippen LogP contribution >= 0.6 is 0 Å². The zero-order valence-electron chi connectivity index (χ0n) is 17.0. The van der Waals surface area contributed by atoms with Crippen LogP contribution in [0.3, 0.4) is 0 Å². The van der Waals surface area contributed by atoms with Gasteiger partial charge in [0.15, 0.2) is 0 Å². The lowest BCUT2D eigenvalue weighted by Crippen LogP contribution is -2.25. The number of ether oxygens (including phenoxy) is 1. The molecule has 2 fully saturated rings. The van der Waals surface area contributed by atoms with Crippen molar-refractivity contribution < 1.29 is 18.7 Å². The van der Waals surface area contributed by atoms with E-state index in [1.165, 1.54) is 6.07 Å². The van der Waals surface area contributed by atoms with Crippen molar-refractivity contribution in [3.05, 3.63) is 63.7 Å². The highest BCUT2D eigenvalue weighted by Gasteiger charge is 2.26. The van der Waals surface area contributed by atoms with Gasteiger partial charge in [-0.3, -0.25) is 19.1 Å². The molecular weight excluding hydrogens is 418 g/mol. The molecule has 1 amide bonds. The summed E-state index contributed by atoms with van der Waals surface area (Å²) in [6, 6.07) is 12.0. The highest BCUT2D eigenvalue weighted by molar-refractivity contribution is 7.84. The zero-order chi connectivity index (χ0) is 21.8. The highest BCUT2D eigenvalue weighted by Crippen LogP contribution is 2.31. The minimum atomic E-state index is -1.00. The molecule has 4 rings (SSSR count). The minimum Gasteiger partial charge on any atom is -0.381 e. The molecular formula is C22H25N3O5S. The number of amides is 1. The highest BCUT2D eigenvalue weighted by atomic mass is 32.2. The standard InChI is InChI=1S/C22H25N3O5S/c26-22(16-4-7-20(23-17-5-6-17)21(13-16)25(27)28)24-18-3-1-2-15(12-18)14-31(29)19-8-10-30-11-9-19/h1-4,7,12-13,17,19,23H,5-6,8-11,14H2,(H,24,26). The molecule has 0 aromatic heterocycles. The SMILES string of the molecule is O=C(Nc1cccc(CS(=O)C2CCOCC2)c1)c1ccc(NC2CC2)c([N+](=O)[O-])c1. The van der Waals surface area contributed by atoms with Gasteiger partial charge in [0.25, 0.3) is 11.6 Å². The molecule has 1 aliphatic carbocycles. The largest absolute Gasteiger partial charge is 0.381 e. The molecule has 164 valence electrons. The second-order valence-electron chi connectivity index (χ2n) is 7.90. The van der Waals surface area contributed by atoms with Crippen LogP contribution in [0.5, 0.6) is 0 Å². The molecule has 1 unspecified atom stereocenters. The van der Waals surface area contributed by atoms with Crippen molar-refractivity contribution in [2.24, 2.45) is 0 Å². The van der Waals surface area contributed by atoms with Gasteiger partial charge in [-0.1, -0.05) is 12.1 Å². The lowest BCUT2D eigenvalue weighted by Gasteiger charge is -2.21. The van der Waals surface area contributed by atoms with Gasteiger partial charge in [-0.05, 0) is 55.5 Å². The number of nitrogens with one attached hydrogen (secondary N) is 2. The van der Waals surface area contributed by atoms with Crippen molar-refractivity contribution in [3.8, 4) is 0 Å². The first-order chi connectivity index (χ1) is 15.0. The van der Waals surface area contributed by atoms with E-state index in [9.17, 15) is 19.1 Å². The average Bonchev–Trinajstić information content (AvgIpc) is 3.58. The summed E-state index contributed by atoms with van der Waals surface area (Å²) in [5.74, 6) is -0.00902. The lowest BCUT2D eigenvalue weighted by molar-refractivity contribution is -0.384. The van der Waals surface area contributed by atoms with Gasteiger partial charge in [0, 0.05) is 58.4 Å². The van der Waals surface area contributed by atoms with E-state index in [0.29, 0.717) is 30.3 Å². The van der Waals surface area contributed by atoms with E-state index in [4.69, 9.17) is 4.74 Å². The van der Waals surface area contributed by atoms with Crippen LogP contribution in [0, 0.1) is 10.1 Å². The van der Waals surface area contributed by atoms with Crippen LogP contribution in [-0.2, 0) is 21.3 Å². The third-order valence-corrected chi connectivity index (χ3v) is 7.26. The molecule has 0 bridgehead atoms. The topological polar surface area (TPSA) is 111 Å². The normalized spacial score (nSPS) is 17.7. The minimum absolute atomic E-state index is 0.111. The number of rotatable bonds is 8. The van der Waals surface area contributed by atoms with Gasteiger partial charge >= 0.3 is 0 Å². The Balaban J connectivity index is 1.43. The van der Waals surface area contributed by atoms with E-state index in [0.717, 1.165) is 31.2 Å². The van der Waals surface area contributed by atoms with Crippen LogP contribution in [0.1, 0.15) is 41.6 Å². The number of nitro groups is 1. The average molecular weight is 444 g/mol. The number of benzene rings is 2. The summed E-state index contributed by atoms with van der Waals surface area (Å²) in [5.41, 5.74) is 1.97. The second-order valence-corrected chi connectivity index (χ2v) is 9.62. The molecule has 9 heteroatoms. The summed E-state index contributed by atoms with van der Waals surface area (Å²) in [6.07, 6.45) is 3.59. The summed E-state index contributed by atoms with van der Waals surface area (Å²) in [6.45, 7) is 1.29. The molecule has 1 heterocycles. The number of nitrogens with zero attached hydrogens (tertiary/aromatic N) is 1. The predicted molar refractivity (Wildman–Crippen MR) is 120 cm³/mol. The molecule has 2 aliphatic rings. The van der Waals surface area contributed by atoms with Crippen molar-refractivity contribution in [3.63, 3.8) is 0 Å². The molecule has 1 atom stereocenters. The molecule has 0 spiro atoms. The fraction of sp³-hybridized carbons (Fsp3) is 0.409. The van der Waals surface area contributed by atoms with Crippen molar-refractivity contribution in [2.75, 3.05) is 23.8 Å². The third kappa shape index (κ3) is 5.68. The van der Waals surface area contributed by atoms with Crippen LogP contribution in [0.25, 0.3) is 0 Å². The van der Waals surface area contributed by atoms with E-state index in [1.807, 2.05) is 6.07 Å². The fourth-order valence-electron chi connectivity index (χ4n) is 3.56. The fourth-order valence-corrected chi connectivity index (χ4v) is 5.02. The van der Waals surface area contributed by atoms with Gasteiger partial charge in [-0.25, -0.2) is 0 Å². The number of carbonyl (C=O) groups excluding carboxylic acids is 1. The molecule has 1 saturated heterocycles. The van der Waals surface area contributed by atoms with Crippen LogP contribution in [-0.4, -0.2) is 39.5 Å². The van der Waals surface area contributed by atoms with Gasteiger partial charge in [0.1, 0.15) is 5.69 Å². The predicted octanol–water partition coefficient (Wildman–Crippen LogP) is 3.85. The van der Waals surface area contributed by atoms with Crippen molar-refractivity contribution >= 4 is 33.8 Å². The smallest absolute Gasteiger partial charge is 0.293 e. The van der Waals surface area contributed by atoms with E-state index < -0.39 is 21.6 Å². The van der Waals surface area contributed by atoms with Crippen molar-refractivity contribution in [1.82, 2.24) is 0 Å². The van der Waals surface area contributed by atoms with E-state index in [2.05, 4.69) is 10.6 Å². The summed E-state index contributed by atoms with van der Waals surface area (Å²) >= 11 is 0. The number of hydrogen-bond acceptors (Lipinski definition) is 6. The van der Waals surface area contributed by atoms with Crippen molar-refractivity contribution in [2.45, 2.75) is 42.7 Å². The Kier molecular flexibility index (Phi) is 6.62. The second kappa shape index (κ2) is 9.57. The summed E-state index contributed by atoms with van der Waals surface area (Å²) in [4.78, 5) is 23.6. The first-order valence-corrected chi connectivity index (χ1v) is 11.8. The number of hydrogen-bond donors (Lipinski definition) is 2. The summed E-state index contributed by atoms with van der Waals surface area (Å²) < 4.78 is 18.0. The molecule has 8 nitrogen and oxygen atoms in total. The molecule has 1 aliphatic heterocycles. The Morgan fingerprint density at radius 1 is 1.13 bits per heavy atom. The first-order valence-electron chi connectivity index (χ1n) is 10.4. The quantitative estimate of drug-likeness (QED) is 0.474. The summed E-state index contributed by atoms with van der Waals surface area (Å²) in [7, 11) is -1.00. The van der Waals surface area contributed by atoms with Gasteiger partial charge in [-0.15, -0.1) is 0 Å². The maximum Gasteiger partial charge on any atom is 0.293 e. The van der Waals surface area contributed by atoms with E-state index >= 15 is 0 Å². The zero-order valence-corrected chi connectivity index (χ0v) is 17.9. The Labute approximate surface area is 183 Å². The molecule has 0 radical (unpaired) electrons. The Morgan fingerprint density at radius 3 is 2.61 bits per heavy atom. The van der Waals surface area contributed by atoms with Gasteiger partial charge < -0.3 is 15.4 Å². The maximum absolute atomic E-state index is 12.7. The Hall–Kier alpha value is -2.78. The van der Waals surface area contributed by atoms with E-state index in [1.54, 1.807) is 30.3 Å². The monoisotopic (exact) mass is 443 g/mol. The van der Waals surface area contributed by atoms with Crippen LogP contribution in [0.15, 0.2) is 42.5 Å². The summed E-state index contributed by atoms with van der Waals surface area (Å²) in [5, 5.41) is 17.5. The maximum atomic E-state index is 12.7. The van der Waals surface area contributed by atoms with Gasteiger partial charge in [0.05, 0.1) is 4.92 Å². The lowest BCUT2D eigenvalue weighted by atomic mass is 10.1. The molecule has 2 N–H and O–H groups in total. The van der Waals surface area contributed by atoms with Gasteiger partial charge in [0.2, 0.25) is 0 Å². The number of nitro benzene ring substituents is 1. The Bertz CT molecular complexity index is 1000. The molecule has 2 aromatic carbocycles. The van der Waals surface area contributed by atoms with E-state index in [-0.39, 0.29) is 22.5 Å².